The van der Waals surface area contributed by atoms with Crippen molar-refractivity contribution >= 4 is 65.0 Å². The molecule has 1 aliphatic rings. The lowest BCUT2D eigenvalue weighted by atomic mass is 9.97. The molecule has 0 amide bonds. The van der Waals surface area contributed by atoms with Gasteiger partial charge in [-0.15, -0.1) is 11.3 Å². The van der Waals surface area contributed by atoms with Gasteiger partial charge in [-0.2, -0.15) is 0 Å². The van der Waals surface area contributed by atoms with Gasteiger partial charge in [0.05, 0.1) is 11.0 Å². The number of nitrogens with zero attached hydrogens (tertiary/aromatic N) is 3. The Morgan fingerprint density at radius 2 is 1.22 bits per heavy atom. The second-order valence-corrected chi connectivity index (χ2v) is 13.7. The third-order valence-corrected chi connectivity index (χ3v) is 10.8. The van der Waals surface area contributed by atoms with Crippen LogP contribution in [0.5, 0.6) is 0 Å². The van der Waals surface area contributed by atoms with Crippen molar-refractivity contribution in [2.24, 2.45) is 9.98 Å². The number of aliphatic imine (C=N–C) groups is 2. The monoisotopic (exact) mass is 658 g/mol. The van der Waals surface area contributed by atoms with Crippen LogP contribution in [0.4, 0.5) is 0 Å². The molecule has 0 fully saturated rings. The number of rotatable bonds is 5. The first-order valence-electron chi connectivity index (χ1n) is 16.9. The molecule has 5 heteroatoms. The van der Waals surface area contributed by atoms with Crippen LogP contribution in [0.1, 0.15) is 22.9 Å². The number of fused-ring (bicyclic) bond motifs is 6. The summed E-state index contributed by atoms with van der Waals surface area (Å²) in [5.74, 6) is 1.56. The van der Waals surface area contributed by atoms with Crippen LogP contribution >= 0.6 is 11.3 Å². The van der Waals surface area contributed by atoms with E-state index in [4.69, 9.17) is 9.98 Å². The molecule has 2 aromatic heterocycles. The van der Waals surface area contributed by atoms with Crippen molar-refractivity contribution in [3.05, 3.63) is 187 Å². The highest BCUT2D eigenvalue weighted by Crippen LogP contribution is 2.42. The molecule has 1 N–H and O–H groups in total. The van der Waals surface area contributed by atoms with E-state index >= 15 is 0 Å². The number of hydrogen-bond acceptors (Lipinski definition) is 4. The number of aromatic nitrogens is 1. The molecule has 1 aliphatic heterocycles. The first-order chi connectivity index (χ1) is 24.8. The third-order valence-electron chi connectivity index (χ3n) is 9.66. The first-order valence-corrected chi connectivity index (χ1v) is 17.7. The summed E-state index contributed by atoms with van der Waals surface area (Å²) in [5, 5.41) is 8.65. The number of thiophene rings is 1. The van der Waals surface area contributed by atoms with E-state index in [1.54, 1.807) is 0 Å². The quantitative estimate of drug-likeness (QED) is 0.196. The minimum atomic E-state index is -0.255. The van der Waals surface area contributed by atoms with Gasteiger partial charge >= 0.3 is 0 Å². The van der Waals surface area contributed by atoms with E-state index in [1.165, 1.54) is 53.1 Å². The van der Waals surface area contributed by atoms with Crippen LogP contribution in [0.2, 0.25) is 0 Å². The van der Waals surface area contributed by atoms with Crippen LogP contribution in [0.3, 0.4) is 0 Å². The molecule has 4 nitrogen and oxygen atoms in total. The molecule has 0 bridgehead atoms. The maximum atomic E-state index is 5.18. The fraction of sp³-hybridized carbons (Fsp3) is 0.0222. The number of amidine groups is 2. The van der Waals surface area contributed by atoms with Gasteiger partial charge in [-0.1, -0.05) is 127 Å². The summed E-state index contributed by atoms with van der Waals surface area (Å²) < 4.78 is 4.87. The average molecular weight is 659 g/mol. The van der Waals surface area contributed by atoms with Gasteiger partial charge in [0.2, 0.25) is 0 Å². The van der Waals surface area contributed by atoms with E-state index < -0.39 is 0 Å². The van der Waals surface area contributed by atoms with E-state index in [9.17, 15) is 0 Å². The van der Waals surface area contributed by atoms with Gasteiger partial charge in [0.15, 0.2) is 5.84 Å². The maximum Gasteiger partial charge on any atom is 0.159 e. The number of benzene rings is 7. The zero-order chi connectivity index (χ0) is 33.0. The minimum Gasteiger partial charge on any atom is -0.344 e. The van der Waals surface area contributed by atoms with E-state index in [0.717, 1.165) is 34.0 Å². The van der Waals surface area contributed by atoms with Crippen molar-refractivity contribution < 1.29 is 0 Å². The van der Waals surface area contributed by atoms with Crippen molar-refractivity contribution in [1.82, 2.24) is 9.88 Å². The number of hydrogen-bond donors (Lipinski definition) is 1. The molecule has 50 heavy (non-hydrogen) atoms. The van der Waals surface area contributed by atoms with Crippen LogP contribution in [-0.4, -0.2) is 16.2 Å². The van der Waals surface area contributed by atoms with Crippen molar-refractivity contribution in [1.29, 1.82) is 0 Å². The molecule has 7 aromatic carbocycles. The lowest BCUT2D eigenvalue weighted by molar-refractivity contribution is 0.674. The van der Waals surface area contributed by atoms with Crippen molar-refractivity contribution in [2.75, 3.05) is 0 Å². The van der Waals surface area contributed by atoms with Gasteiger partial charge in [-0.05, 0) is 59.2 Å². The molecule has 9 aromatic rings. The van der Waals surface area contributed by atoms with Crippen LogP contribution in [-0.2, 0) is 0 Å². The lowest BCUT2D eigenvalue weighted by Gasteiger charge is -2.24. The van der Waals surface area contributed by atoms with Crippen LogP contribution in [0, 0.1) is 0 Å². The third kappa shape index (κ3) is 4.66. The first kappa shape index (κ1) is 28.7. The number of para-hydroxylation sites is 2. The minimum absolute atomic E-state index is 0.255. The van der Waals surface area contributed by atoms with Gasteiger partial charge in [0.1, 0.15) is 12.0 Å². The van der Waals surface area contributed by atoms with Gasteiger partial charge in [-0.25, -0.2) is 9.98 Å². The highest BCUT2D eigenvalue weighted by Gasteiger charge is 2.24. The summed E-state index contributed by atoms with van der Waals surface area (Å²) in [6, 6.07) is 60.3. The van der Waals surface area contributed by atoms with Crippen molar-refractivity contribution in [3.63, 3.8) is 0 Å². The highest BCUT2D eigenvalue weighted by molar-refractivity contribution is 7.25. The summed E-state index contributed by atoms with van der Waals surface area (Å²) in [5.41, 5.74) is 9.16. The van der Waals surface area contributed by atoms with E-state index in [-0.39, 0.29) is 6.17 Å². The van der Waals surface area contributed by atoms with E-state index in [2.05, 4.69) is 155 Å². The number of nitrogens with one attached hydrogen (secondary N) is 1. The SMILES string of the molecule is c1ccc(C2=NC(c3ccccc3)NC(c3cccc4sc5ccc(-c6cccc7c6c6ccccc6n7-c6ccccc6)cc5c34)=N2)cc1. The molecular weight excluding hydrogens is 629 g/mol. The Morgan fingerprint density at radius 1 is 0.520 bits per heavy atom. The fourth-order valence-corrected chi connectivity index (χ4v) is 8.53. The molecule has 1 atom stereocenters. The maximum absolute atomic E-state index is 5.18. The van der Waals surface area contributed by atoms with Gasteiger partial charge < -0.3 is 9.88 Å². The smallest absolute Gasteiger partial charge is 0.159 e. The summed E-state index contributed by atoms with van der Waals surface area (Å²) in [6.45, 7) is 0. The Balaban J connectivity index is 1.17. The summed E-state index contributed by atoms with van der Waals surface area (Å²) in [7, 11) is 0. The Bertz CT molecular complexity index is 2780. The van der Waals surface area contributed by atoms with Gasteiger partial charge in [0.25, 0.3) is 0 Å². The molecule has 0 radical (unpaired) electrons. The zero-order valence-electron chi connectivity index (χ0n) is 27.0. The van der Waals surface area contributed by atoms with Crippen molar-refractivity contribution in [2.45, 2.75) is 6.17 Å². The molecule has 10 rings (SSSR count). The molecule has 0 saturated carbocycles. The van der Waals surface area contributed by atoms with Gasteiger partial charge in [0, 0.05) is 47.8 Å². The zero-order valence-corrected chi connectivity index (χ0v) is 27.8. The standard InChI is InChI=1S/C45H30N4S/c1-4-14-29(15-5-1)43-46-44(30-16-6-2-7-17-30)48-45(47-43)35-22-13-25-40-42(35)36-28-31(26-27-39(36)50-40)33-21-12-24-38-41(33)34-20-10-11-23-37(34)49(38)32-18-8-3-9-19-32/h1-28,43H,(H,46,47,48). The topological polar surface area (TPSA) is 41.7 Å². The summed E-state index contributed by atoms with van der Waals surface area (Å²) >= 11 is 1.83. The van der Waals surface area contributed by atoms with Crippen LogP contribution in [0.25, 0.3) is 58.8 Å². The second-order valence-electron chi connectivity index (χ2n) is 12.6. The Kier molecular flexibility index (Phi) is 6.71. The Morgan fingerprint density at radius 3 is 2.06 bits per heavy atom. The van der Waals surface area contributed by atoms with E-state index in [1.807, 2.05) is 35.6 Å². The molecule has 1 unspecified atom stereocenters. The van der Waals surface area contributed by atoms with Crippen molar-refractivity contribution in [3.8, 4) is 16.8 Å². The molecular formula is C45H30N4S. The summed E-state index contributed by atoms with van der Waals surface area (Å²) in [4.78, 5) is 10.3. The second kappa shape index (κ2) is 11.7. The molecule has 0 saturated heterocycles. The predicted octanol–water partition coefficient (Wildman–Crippen LogP) is 11.3. The average Bonchev–Trinajstić information content (AvgIpc) is 3.74. The fourth-order valence-electron chi connectivity index (χ4n) is 7.42. The Hall–Kier alpha value is -6.30. The molecule has 0 spiro atoms. The highest BCUT2D eigenvalue weighted by atomic mass is 32.1. The Labute approximate surface area is 293 Å². The molecule has 0 aliphatic carbocycles. The molecule has 3 heterocycles. The normalized spacial score (nSPS) is 14.6. The summed E-state index contributed by atoms with van der Waals surface area (Å²) in [6.07, 6.45) is -0.255. The predicted molar refractivity (Wildman–Crippen MR) is 211 cm³/mol. The van der Waals surface area contributed by atoms with Crippen LogP contribution in [0.15, 0.2) is 180 Å². The van der Waals surface area contributed by atoms with Gasteiger partial charge in [-0.3, -0.25) is 0 Å². The largest absolute Gasteiger partial charge is 0.344 e. The lowest BCUT2D eigenvalue weighted by Crippen LogP contribution is -2.33. The van der Waals surface area contributed by atoms with Crippen LogP contribution < -0.4 is 5.32 Å². The molecule has 236 valence electrons. The van der Waals surface area contributed by atoms with E-state index in [0.29, 0.717) is 0 Å².